The molecule has 0 aliphatic heterocycles. The minimum atomic E-state index is -0.636. The summed E-state index contributed by atoms with van der Waals surface area (Å²) < 4.78 is 18.8. The zero-order valence-electron chi connectivity index (χ0n) is 16.1. The van der Waals surface area contributed by atoms with Gasteiger partial charge in [0, 0.05) is 5.56 Å². The minimum Gasteiger partial charge on any atom is -0.494 e. The standard InChI is InChI=1S/C23H21FN2O3/c1-15(16-8-4-3-5-9-16)25-23(28)18-10-6-7-11-20(18)26-22(27)17-12-13-21(29-2)19(24)14-17/h3-15H,1-2H3,(H,25,28)(H,26,27)/t15-/m1/s1. The van der Waals surface area contributed by atoms with Crippen LogP contribution in [0.2, 0.25) is 0 Å². The summed E-state index contributed by atoms with van der Waals surface area (Å²) in [6.07, 6.45) is 0. The maximum Gasteiger partial charge on any atom is 0.255 e. The molecule has 148 valence electrons. The largest absolute Gasteiger partial charge is 0.494 e. The molecule has 29 heavy (non-hydrogen) atoms. The summed E-state index contributed by atoms with van der Waals surface area (Å²) in [5.74, 6) is -1.43. The van der Waals surface area contributed by atoms with Crippen LogP contribution in [0.1, 0.15) is 39.2 Å². The van der Waals surface area contributed by atoms with Crippen molar-refractivity contribution in [1.82, 2.24) is 5.32 Å². The van der Waals surface area contributed by atoms with Gasteiger partial charge in [0.05, 0.1) is 24.4 Å². The van der Waals surface area contributed by atoms with Gasteiger partial charge in [-0.2, -0.15) is 0 Å². The molecule has 3 aromatic rings. The van der Waals surface area contributed by atoms with Gasteiger partial charge < -0.3 is 15.4 Å². The van der Waals surface area contributed by atoms with E-state index in [1.54, 1.807) is 24.3 Å². The highest BCUT2D eigenvalue weighted by Gasteiger charge is 2.17. The van der Waals surface area contributed by atoms with Gasteiger partial charge in [-0.15, -0.1) is 0 Å². The number of carbonyl (C=O) groups is 2. The summed E-state index contributed by atoms with van der Waals surface area (Å²) >= 11 is 0. The van der Waals surface area contributed by atoms with Crippen molar-refractivity contribution in [3.05, 3.63) is 95.3 Å². The number of ether oxygens (including phenoxy) is 1. The number of anilines is 1. The van der Waals surface area contributed by atoms with Crippen molar-refractivity contribution < 1.29 is 18.7 Å². The Balaban J connectivity index is 1.77. The SMILES string of the molecule is COc1ccc(C(=O)Nc2ccccc2C(=O)N[C@H](C)c2ccccc2)cc1F. The Hall–Kier alpha value is -3.67. The second-order valence-electron chi connectivity index (χ2n) is 6.45. The van der Waals surface area contributed by atoms with E-state index in [0.717, 1.165) is 11.6 Å². The van der Waals surface area contributed by atoms with Gasteiger partial charge in [0.15, 0.2) is 11.6 Å². The molecule has 2 amide bonds. The first-order valence-corrected chi connectivity index (χ1v) is 9.09. The van der Waals surface area contributed by atoms with Gasteiger partial charge in [0.1, 0.15) is 0 Å². The fourth-order valence-corrected chi connectivity index (χ4v) is 2.89. The number of halogens is 1. The van der Waals surface area contributed by atoms with Crippen LogP contribution in [0.4, 0.5) is 10.1 Å². The van der Waals surface area contributed by atoms with Crippen LogP contribution in [-0.4, -0.2) is 18.9 Å². The number of carbonyl (C=O) groups excluding carboxylic acids is 2. The van der Waals surface area contributed by atoms with E-state index >= 15 is 0 Å². The van der Waals surface area contributed by atoms with Crippen molar-refractivity contribution >= 4 is 17.5 Å². The van der Waals surface area contributed by atoms with Gasteiger partial charge in [-0.05, 0) is 42.8 Å². The van der Waals surface area contributed by atoms with Crippen LogP contribution >= 0.6 is 0 Å². The molecule has 0 bridgehead atoms. The Morgan fingerprint density at radius 2 is 1.62 bits per heavy atom. The summed E-state index contributed by atoms with van der Waals surface area (Å²) in [6.45, 7) is 1.88. The molecule has 2 N–H and O–H groups in total. The Morgan fingerprint density at radius 1 is 0.931 bits per heavy atom. The lowest BCUT2D eigenvalue weighted by Gasteiger charge is -2.16. The first kappa shape index (κ1) is 20.1. The van der Waals surface area contributed by atoms with Gasteiger partial charge in [-0.25, -0.2) is 4.39 Å². The summed E-state index contributed by atoms with van der Waals surface area (Å²) in [7, 11) is 1.35. The van der Waals surface area contributed by atoms with Gasteiger partial charge in [0.2, 0.25) is 0 Å². The summed E-state index contributed by atoms with van der Waals surface area (Å²) in [4.78, 5) is 25.3. The molecule has 3 rings (SSSR count). The van der Waals surface area contributed by atoms with Crippen LogP contribution in [0.5, 0.6) is 5.75 Å². The molecule has 0 radical (unpaired) electrons. The molecule has 0 unspecified atom stereocenters. The normalized spacial score (nSPS) is 11.4. The third-order valence-corrected chi connectivity index (χ3v) is 4.48. The maximum absolute atomic E-state index is 13.9. The van der Waals surface area contributed by atoms with Gasteiger partial charge in [-0.1, -0.05) is 42.5 Å². The molecule has 0 fully saturated rings. The van der Waals surface area contributed by atoms with Gasteiger partial charge in [-0.3, -0.25) is 9.59 Å². The minimum absolute atomic E-state index is 0.0521. The number of hydrogen-bond donors (Lipinski definition) is 2. The van der Waals surface area contributed by atoms with Crippen molar-refractivity contribution in [3.8, 4) is 5.75 Å². The molecular formula is C23H21FN2O3. The number of hydrogen-bond acceptors (Lipinski definition) is 3. The van der Waals surface area contributed by atoms with Crippen molar-refractivity contribution in [1.29, 1.82) is 0 Å². The second kappa shape index (κ2) is 9.01. The van der Waals surface area contributed by atoms with Crippen LogP contribution in [0.15, 0.2) is 72.8 Å². The van der Waals surface area contributed by atoms with Gasteiger partial charge in [0.25, 0.3) is 11.8 Å². The van der Waals surface area contributed by atoms with Crippen LogP contribution in [0.25, 0.3) is 0 Å². The van der Waals surface area contributed by atoms with Crippen LogP contribution < -0.4 is 15.4 Å². The van der Waals surface area contributed by atoms with E-state index in [9.17, 15) is 14.0 Å². The predicted octanol–water partition coefficient (Wildman–Crippen LogP) is 4.58. The highest BCUT2D eigenvalue weighted by Crippen LogP contribution is 2.21. The van der Waals surface area contributed by atoms with Crippen LogP contribution in [0.3, 0.4) is 0 Å². The highest BCUT2D eigenvalue weighted by molar-refractivity contribution is 6.09. The van der Waals surface area contributed by atoms with E-state index < -0.39 is 11.7 Å². The molecule has 0 aromatic heterocycles. The molecule has 3 aromatic carbocycles. The van der Waals surface area contributed by atoms with Crippen LogP contribution in [0, 0.1) is 5.82 Å². The summed E-state index contributed by atoms with van der Waals surface area (Å²) in [6, 6.07) is 20.0. The summed E-state index contributed by atoms with van der Waals surface area (Å²) in [5.41, 5.74) is 1.75. The zero-order valence-corrected chi connectivity index (χ0v) is 16.1. The van der Waals surface area contributed by atoms with Crippen molar-refractivity contribution in [2.45, 2.75) is 13.0 Å². The molecule has 5 nitrogen and oxygen atoms in total. The zero-order chi connectivity index (χ0) is 20.8. The quantitative estimate of drug-likeness (QED) is 0.645. The Morgan fingerprint density at radius 3 is 2.31 bits per heavy atom. The monoisotopic (exact) mass is 392 g/mol. The maximum atomic E-state index is 13.9. The number of amides is 2. The average molecular weight is 392 g/mol. The molecule has 0 aliphatic carbocycles. The van der Waals surface area contributed by atoms with Crippen molar-refractivity contribution in [2.75, 3.05) is 12.4 Å². The van der Waals surface area contributed by atoms with E-state index in [-0.39, 0.29) is 23.3 Å². The van der Waals surface area contributed by atoms with Crippen molar-refractivity contribution in [2.24, 2.45) is 0 Å². The lowest BCUT2D eigenvalue weighted by atomic mass is 10.1. The molecule has 0 heterocycles. The molecule has 0 spiro atoms. The summed E-state index contributed by atoms with van der Waals surface area (Å²) in [5, 5.41) is 5.60. The first-order chi connectivity index (χ1) is 14.0. The Bertz CT molecular complexity index is 1020. The number of rotatable bonds is 6. The average Bonchev–Trinajstić information content (AvgIpc) is 2.74. The Labute approximate surface area is 168 Å². The number of benzene rings is 3. The molecule has 0 aliphatic rings. The van der Waals surface area contributed by atoms with E-state index in [2.05, 4.69) is 10.6 Å². The fraction of sp³-hybridized carbons (Fsp3) is 0.130. The molecule has 0 saturated heterocycles. The molecule has 6 heteroatoms. The fourth-order valence-electron chi connectivity index (χ4n) is 2.89. The van der Waals surface area contributed by atoms with Crippen molar-refractivity contribution in [3.63, 3.8) is 0 Å². The Kier molecular flexibility index (Phi) is 6.24. The smallest absolute Gasteiger partial charge is 0.255 e. The molecule has 0 saturated carbocycles. The molecule has 1 atom stereocenters. The predicted molar refractivity (Wildman–Crippen MR) is 110 cm³/mol. The second-order valence-corrected chi connectivity index (χ2v) is 6.45. The number of para-hydroxylation sites is 1. The first-order valence-electron chi connectivity index (χ1n) is 9.09. The lowest BCUT2D eigenvalue weighted by molar-refractivity contribution is 0.0940. The third-order valence-electron chi connectivity index (χ3n) is 4.48. The highest BCUT2D eigenvalue weighted by atomic mass is 19.1. The van der Waals surface area contributed by atoms with E-state index in [1.165, 1.54) is 19.2 Å². The van der Waals surface area contributed by atoms with Gasteiger partial charge >= 0.3 is 0 Å². The topological polar surface area (TPSA) is 67.4 Å². The third kappa shape index (κ3) is 4.79. The lowest BCUT2D eigenvalue weighted by Crippen LogP contribution is -2.28. The van der Waals surface area contributed by atoms with E-state index in [1.807, 2.05) is 37.3 Å². The van der Waals surface area contributed by atoms with Crippen LogP contribution in [-0.2, 0) is 0 Å². The van der Waals surface area contributed by atoms with E-state index in [4.69, 9.17) is 4.74 Å². The van der Waals surface area contributed by atoms with E-state index in [0.29, 0.717) is 11.3 Å². The number of methoxy groups -OCH3 is 1. The number of nitrogens with one attached hydrogen (secondary N) is 2. The molecular weight excluding hydrogens is 371 g/mol.